The van der Waals surface area contributed by atoms with Crippen LogP contribution in [0.4, 0.5) is 0 Å². The Morgan fingerprint density at radius 3 is 1.71 bits per heavy atom. The quantitative estimate of drug-likeness (QED) is 0.314. The minimum atomic E-state index is 0.332. The normalized spacial score (nSPS) is 22.6. The molecule has 42 heavy (non-hydrogen) atoms. The molecule has 1 aliphatic heterocycles. The minimum Gasteiger partial charge on any atom is -0.296 e. The highest BCUT2D eigenvalue weighted by Crippen LogP contribution is 2.34. The lowest BCUT2D eigenvalue weighted by molar-refractivity contribution is 1.24. The van der Waals surface area contributed by atoms with Crippen LogP contribution in [0, 0.1) is 5.41 Å². The largest absolute Gasteiger partial charge is 0.296 e. The van der Waals surface area contributed by atoms with E-state index in [0.717, 1.165) is 77.9 Å². The summed E-state index contributed by atoms with van der Waals surface area (Å²) >= 11 is 0. The van der Waals surface area contributed by atoms with Crippen LogP contribution < -0.4 is 10.4 Å². The Hall–Kier alpha value is -5.55. The van der Waals surface area contributed by atoms with Gasteiger partial charge in [0.25, 0.3) is 0 Å². The van der Waals surface area contributed by atoms with Crippen molar-refractivity contribution in [2.75, 3.05) is 6.54 Å². The second-order valence-electron chi connectivity index (χ2n) is 10.9. The van der Waals surface area contributed by atoms with Gasteiger partial charge in [0.2, 0.25) is 0 Å². The molecule has 0 unspecified atom stereocenters. The molecule has 0 saturated carbocycles. The summed E-state index contributed by atoms with van der Waals surface area (Å²) in [7, 11) is 0. The summed E-state index contributed by atoms with van der Waals surface area (Å²) in [4.78, 5) is 20.7. The second kappa shape index (κ2) is 8.72. The summed E-state index contributed by atoms with van der Waals surface area (Å²) < 4.78 is 0. The number of fused-ring (bicyclic) bond motifs is 16. The van der Waals surface area contributed by atoms with Crippen molar-refractivity contribution in [3.8, 4) is 0 Å². The van der Waals surface area contributed by atoms with Crippen molar-refractivity contribution >= 4 is 51.2 Å². The summed E-state index contributed by atoms with van der Waals surface area (Å²) in [5.41, 5.74) is 13.9. The zero-order valence-corrected chi connectivity index (χ0v) is 22.6. The number of hydrogen-bond acceptors (Lipinski definition) is 5. The van der Waals surface area contributed by atoms with Gasteiger partial charge in [0.1, 0.15) is 5.71 Å². The first-order valence-corrected chi connectivity index (χ1v) is 14.2. The molecular formula is C37H23N5. The highest BCUT2D eigenvalue weighted by molar-refractivity contribution is 6.42. The molecule has 0 saturated heterocycles. The molecule has 0 aromatic heterocycles. The average molecular weight is 538 g/mol. The fourth-order valence-electron chi connectivity index (χ4n) is 6.58. The van der Waals surface area contributed by atoms with E-state index in [1.54, 1.807) is 0 Å². The van der Waals surface area contributed by atoms with Gasteiger partial charge in [0, 0.05) is 50.4 Å². The van der Waals surface area contributed by atoms with Crippen LogP contribution in [0.5, 0.6) is 0 Å². The summed E-state index contributed by atoms with van der Waals surface area (Å²) in [5, 5.41) is 11.1. The van der Waals surface area contributed by atoms with Crippen LogP contribution in [0.1, 0.15) is 39.8 Å². The fraction of sp³-hybridized carbons (Fsp3) is 0.0541. The van der Waals surface area contributed by atoms with Crippen LogP contribution in [-0.4, -0.2) is 35.1 Å². The van der Waals surface area contributed by atoms with E-state index in [-0.39, 0.29) is 0 Å². The van der Waals surface area contributed by atoms with E-state index >= 15 is 0 Å². The molecule has 0 atom stereocenters. The second-order valence-corrected chi connectivity index (χ2v) is 10.9. The van der Waals surface area contributed by atoms with Crippen molar-refractivity contribution in [2.45, 2.75) is 6.42 Å². The number of rotatable bonds is 0. The van der Waals surface area contributed by atoms with Crippen molar-refractivity contribution in [3.63, 3.8) is 0 Å². The van der Waals surface area contributed by atoms with Gasteiger partial charge in [-0.25, -0.2) is 9.98 Å². The average Bonchev–Trinajstić information content (AvgIpc) is 3.74. The molecule has 1 heterocycles. The third kappa shape index (κ3) is 3.34. The van der Waals surface area contributed by atoms with E-state index < -0.39 is 0 Å². The minimum absolute atomic E-state index is 0.332. The van der Waals surface area contributed by atoms with Gasteiger partial charge in [-0.05, 0) is 23.3 Å². The van der Waals surface area contributed by atoms with Gasteiger partial charge in [0.15, 0.2) is 0 Å². The fourth-order valence-corrected chi connectivity index (χ4v) is 6.58. The van der Waals surface area contributed by atoms with E-state index in [4.69, 9.17) is 20.0 Å². The molecule has 0 radical (unpaired) electrons. The maximum Gasteiger partial charge on any atom is 0.107 e. The van der Waals surface area contributed by atoms with Crippen molar-refractivity contribution in [1.82, 2.24) is 0 Å². The lowest BCUT2D eigenvalue weighted by Crippen LogP contribution is -2.23. The topological polar surface area (TPSA) is 73.3 Å². The van der Waals surface area contributed by atoms with Crippen LogP contribution in [0.25, 0.3) is 22.7 Å². The van der Waals surface area contributed by atoms with Gasteiger partial charge < -0.3 is 0 Å². The molecule has 196 valence electrons. The number of benzene rings is 4. The molecule has 9 rings (SSSR count). The lowest BCUT2D eigenvalue weighted by Gasteiger charge is -2.05. The Bertz CT molecular complexity index is 2250. The lowest BCUT2D eigenvalue weighted by atomic mass is 10.1. The van der Waals surface area contributed by atoms with E-state index in [0.29, 0.717) is 30.1 Å². The van der Waals surface area contributed by atoms with Crippen LogP contribution in [-0.2, 0) is 0 Å². The van der Waals surface area contributed by atoms with E-state index in [9.17, 15) is 5.41 Å². The molecule has 5 aliphatic rings. The molecule has 0 spiro atoms. The predicted molar refractivity (Wildman–Crippen MR) is 171 cm³/mol. The maximum absolute atomic E-state index is 9.29. The van der Waals surface area contributed by atoms with Crippen molar-refractivity contribution < 1.29 is 0 Å². The Morgan fingerprint density at radius 1 is 0.500 bits per heavy atom. The summed E-state index contributed by atoms with van der Waals surface area (Å²) in [6, 6.07) is 33.1. The zero-order valence-electron chi connectivity index (χ0n) is 22.6. The third-order valence-corrected chi connectivity index (χ3v) is 8.57. The van der Waals surface area contributed by atoms with E-state index in [1.165, 1.54) is 0 Å². The molecule has 8 bridgehead atoms. The van der Waals surface area contributed by atoms with Crippen LogP contribution in [0.3, 0.4) is 0 Å². The number of aliphatic imine (C=N–C) groups is 4. The van der Waals surface area contributed by atoms with Crippen LogP contribution >= 0.6 is 0 Å². The molecule has 4 aliphatic carbocycles. The molecule has 4 aromatic rings. The highest BCUT2D eigenvalue weighted by Gasteiger charge is 2.29. The summed E-state index contributed by atoms with van der Waals surface area (Å²) in [6.07, 6.45) is 4.87. The SMILES string of the molecule is N=C1C2=c3ccccc3=C1/N=C1C=C(/N=C3\C/C(=N\CC4=C/C(=N\2)c2ccccc24)c2ccccc23)c2ccccc2\1. The molecule has 0 amide bonds. The monoisotopic (exact) mass is 537 g/mol. The van der Waals surface area contributed by atoms with Crippen molar-refractivity contribution in [2.24, 2.45) is 20.0 Å². The molecule has 0 fully saturated rings. The number of nitrogens with one attached hydrogen (secondary N) is 1. The molecule has 4 aromatic carbocycles. The van der Waals surface area contributed by atoms with Crippen molar-refractivity contribution in [1.29, 1.82) is 5.41 Å². The maximum atomic E-state index is 9.29. The van der Waals surface area contributed by atoms with E-state index in [2.05, 4.69) is 66.7 Å². The smallest absolute Gasteiger partial charge is 0.107 e. The van der Waals surface area contributed by atoms with E-state index in [1.807, 2.05) is 42.5 Å². The number of hydrogen-bond donors (Lipinski definition) is 1. The first-order valence-electron chi connectivity index (χ1n) is 14.2. The van der Waals surface area contributed by atoms with Gasteiger partial charge in [-0.3, -0.25) is 15.4 Å². The summed E-state index contributed by atoms with van der Waals surface area (Å²) in [6.45, 7) is 0.548. The number of nitrogens with zero attached hydrogens (tertiary/aromatic N) is 4. The first kappa shape index (κ1) is 23.2. The molecule has 5 heteroatoms. The Labute approximate surface area is 242 Å². The Balaban J connectivity index is 1.35. The van der Waals surface area contributed by atoms with Crippen LogP contribution in [0.2, 0.25) is 0 Å². The van der Waals surface area contributed by atoms with Gasteiger partial charge in [-0.2, -0.15) is 0 Å². The molecule has 1 N–H and O–H groups in total. The standard InChI is InChI=1S/C37H23N5/c38-35-36-28-15-7-8-16-29(28)37(35)42-34-19-33(26-13-5-6-14-27(26)34)40-32-18-30(24-11-3-4-12-25(24)32)39-20-21-17-31(41-36)23-10-2-1-9-22(21)23/h1-17,19,38H,18,20H2/b38-35?,39-30+,40-32+,41-31+,42-34+. The molecular weight excluding hydrogens is 514 g/mol. The van der Waals surface area contributed by atoms with Crippen molar-refractivity contribution in [3.05, 3.63) is 153 Å². The number of allylic oxidation sites excluding steroid dienone is 2. The van der Waals surface area contributed by atoms with Gasteiger partial charge >= 0.3 is 0 Å². The van der Waals surface area contributed by atoms with Gasteiger partial charge in [-0.1, -0.05) is 97.1 Å². The molecule has 5 nitrogen and oxygen atoms in total. The third-order valence-electron chi connectivity index (χ3n) is 8.57. The predicted octanol–water partition coefficient (Wildman–Crippen LogP) is 5.36. The van der Waals surface area contributed by atoms with Crippen LogP contribution in [0.15, 0.2) is 129 Å². The Kier molecular flexibility index (Phi) is 4.81. The zero-order chi connectivity index (χ0) is 27.8. The van der Waals surface area contributed by atoms with Gasteiger partial charge in [0.05, 0.1) is 40.8 Å². The van der Waals surface area contributed by atoms with Gasteiger partial charge in [-0.15, -0.1) is 0 Å². The highest BCUT2D eigenvalue weighted by atomic mass is 14.9. The first-order chi connectivity index (χ1) is 20.7. The Morgan fingerprint density at radius 2 is 1.02 bits per heavy atom. The summed E-state index contributed by atoms with van der Waals surface area (Å²) in [5.74, 6) is 0.